The van der Waals surface area contributed by atoms with Crippen LogP contribution in [0.5, 0.6) is 0 Å². The van der Waals surface area contributed by atoms with Gasteiger partial charge in [0.05, 0.1) is 0 Å². The number of hydrogen-bond acceptors (Lipinski definition) is 2. The average Bonchev–Trinajstić information content (AvgIpc) is 2.77. The molecule has 0 aliphatic heterocycles. The van der Waals surface area contributed by atoms with Crippen LogP contribution in [0.4, 0.5) is 0 Å². The van der Waals surface area contributed by atoms with Gasteiger partial charge in [-0.2, -0.15) is 0 Å². The van der Waals surface area contributed by atoms with Gasteiger partial charge in [0.25, 0.3) is 0 Å². The summed E-state index contributed by atoms with van der Waals surface area (Å²) in [5.41, 5.74) is 0. The monoisotopic (exact) mass is 454 g/mol. The first-order valence-corrected chi connectivity index (χ1v) is 16.7. The molecule has 0 aliphatic rings. The molecule has 186 valence electrons. The second-order valence-electron chi connectivity index (χ2n) is 9.73. The Morgan fingerprint density at radius 2 is 0.903 bits per heavy atom. The summed E-state index contributed by atoms with van der Waals surface area (Å²) in [5, 5.41) is 2.73. The van der Waals surface area contributed by atoms with Crippen molar-refractivity contribution < 1.29 is 8.53 Å². The summed E-state index contributed by atoms with van der Waals surface area (Å²) in [6.07, 6.45) is 27.0. The van der Waals surface area contributed by atoms with Gasteiger partial charge in [-0.3, -0.25) is 0 Å². The van der Waals surface area contributed by atoms with Crippen LogP contribution in [0.15, 0.2) is 0 Å². The van der Waals surface area contributed by atoms with Gasteiger partial charge in [0.1, 0.15) is 6.29 Å². The van der Waals surface area contributed by atoms with Crippen molar-refractivity contribution in [2.75, 3.05) is 6.61 Å². The van der Waals surface area contributed by atoms with E-state index in [1.807, 2.05) is 0 Å². The smallest absolute Gasteiger partial charge is 0.462 e. The molecule has 0 aromatic heterocycles. The first kappa shape index (κ1) is 31.5. The zero-order valence-electron chi connectivity index (χ0n) is 22.2. The second kappa shape index (κ2) is 26.7. The zero-order valence-corrected chi connectivity index (χ0v) is 23.4. The van der Waals surface area contributed by atoms with Gasteiger partial charge in [0.15, 0.2) is 0 Å². The molecule has 1 unspecified atom stereocenters. The molecule has 0 bridgehead atoms. The Kier molecular flexibility index (Phi) is 27.1. The molecule has 3 heteroatoms. The summed E-state index contributed by atoms with van der Waals surface area (Å²) in [6, 6.07) is 0. The minimum atomic E-state index is -1.14. The van der Waals surface area contributed by atoms with Crippen LogP contribution in [-0.4, -0.2) is 27.4 Å². The van der Waals surface area contributed by atoms with Crippen LogP contribution in [0.1, 0.15) is 156 Å². The summed E-state index contributed by atoms with van der Waals surface area (Å²) >= 11 is -1.14. The Balaban J connectivity index is 4.27. The average molecular weight is 455 g/mol. The molecule has 31 heavy (non-hydrogen) atoms. The highest BCUT2D eigenvalue weighted by molar-refractivity contribution is 6.51. The van der Waals surface area contributed by atoms with Crippen LogP contribution in [0, 0.1) is 0 Å². The molecular formula is C28H59AlO2. The minimum Gasteiger partial charge on any atom is -0.478 e. The maximum absolute atomic E-state index is 6.71. The second-order valence-corrected chi connectivity index (χ2v) is 12.4. The Bertz CT molecular complexity index is 308. The quantitative estimate of drug-likeness (QED) is 0.0735. The molecule has 0 N–H and O–H groups in total. The lowest BCUT2D eigenvalue weighted by molar-refractivity contribution is -0.0889. The Morgan fingerprint density at radius 1 is 0.484 bits per heavy atom. The molecule has 0 saturated heterocycles. The standard InChI is InChI=1S/C12H25O2.2C8H17.Al/c1-3-5-6-7-8-9-11-14-12(13)10-4-2;2*1-3-5-7-8-6-4-2;/h12H,3-11H2,1-2H3;2*1,3-8H2,2H3;/q-1;;;+1. The summed E-state index contributed by atoms with van der Waals surface area (Å²) in [4.78, 5) is 0. The molecule has 0 aromatic rings. The molecule has 0 aromatic carbocycles. The van der Waals surface area contributed by atoms with Crippen molar-refractivity contribution in [1.29, 1.82) is 0 Å². The maximum atomic E-state index is 6.71. The highest BCUT2D eigenvalue weighted by Crippen LogP contribution is 2.19. The van der Waals surface area contributed by atoms with Crippen molar-refractivity contribution in [3.05, 3.63) is 0 Å². The summed E-state index contributed by atoms with van der Waals surface area (Å²) < 4.78 is 13.0. The summed E-state index contributed by atoms with van der Waals surface area (Å²) in [5.74, 6) is 0. The van der Waals surface area contributed by atoms with Crippen LogP contribution < -0.4 is 0 Å². The fourth-order valence-electron chi connectivity index (χ4n) is 4.32. The lowest BCUT2D eigenvalue weighted by Crippen LogP contribution is -2.28. The molecular weight excluding hydrogens is 395 g/mol. The highest BCUT2D eigenvalue weighted by atomic mass is 27.2. The van der Waals surface area contributed by atoms with Gasteiger partial charge in [0.2, 0.25) is 0 Å². The zero-order chi connectivity index (χ0) is 22.8. The van der Waals surface area contributed by atoms with Crippen molar-refractivity contribution in [1.82, 2.24) is 0 Å². The molecule has 0 aliphatic carbocycles. The molecule has 1 atom stereocenters. The van der Waals surface area contributed by atoms with Gasteiger partial charge in [-0.25, -0.2) is 0 Å². The van der Waals surface area contributed by atoms with Crippen LogP contribution >= 0.6 is 0 Å². The molecule has 0 spiro atoms. The Hall–Kier alpha value is 0.452. The SMILES string of the molecule is CCCCCCCCOC(CCC)[O][Al]([CH2]CCCCCCC)[CH2]CCCCCCC. The molecule has 0 heterocycles. The molecule has 0 fully saturated rings. The van der Waals surface area contributed by atoms with Crippen LogP contribution in [0.25, 0.3) is 0 Å². The van der Waals surface area contributed by atoms with Crippen LogP contribution in [-0.2, 0) is 8.53 Å². The molecule has 0 rings (SSSR count). The third-order valence-corrected chi connectivity index (χ3v) is 9.22. The number of unbranched alkanes of at least 4 members (excludes halogenated alkanes) is 15. The van der Waals surface area contributed by atoms with E-state index in [9.17, 15) is 0 Å². The Morgan fingerprint density at radius 3 is 1.35 bits per heavy atom. The predicted octanol–water partition coefficient (Wildman–Crippen LogP) is 10.2. The van der Waals surface area contributed by atoms with E-state index in [1.54, 1.807) is 0 Å². The van der Waals surface area contributed by atoms with Crippen molar-refractivity contribution in [2.24, 2.45) is 0 Å². The number of rotatable bonds is 26. The van der Waals surface area contributed by atoms with Gasteiger partial charge in [0, 0.05) is 6.61 Å². The van der Waals surface area contributed by atoms with Gasteiger partial charge >= 0.3 is 14.5 Å². The number of hydrogen-bond donors (Lipinski definition) is 0. The summed E-state index contributed by atoms with van der Waals surface area (Å²) in [7, 11) is 0. The molecule has 0 radical (unpaired) electrons. The van der Waals surface area contributed by atoms with Crippen molar-refractivity contribution in [2.45, 2.75) is 173 Å². The number of ether oxygens (including phenoxy) is 1. The van der Waals surface area contributed by atoms with Gasteiger partial charge in [-0.1, -0.05) is 154 Å². The van der Waals surface area contributed by atoms with Gasteiger partial charge < -0.3 is 8.53 Å². The molecule has 0 saturated carbocycles. The lowest BCUT2D eigenvalue weighted by atomic mass is 10.1. The highest BCUT2D eigenvalue weighted by Gasteiger charge is 2.24. The lowest BCUT2D eigenvalue weighted by Gasteiger charge is -2.23. The fourth-order valence-corrected chi connectivity index (χ4v) is 7.02. The molecule has 2 nitrogen and oxygen atoms in total. The summed E-state index contributed by atoms with van der Waals surface area (Å²) in [6.45, 7) is 10.0. The van der Waals surface area contributed by atoms with Crippen molar-refractivity contribution >= 4 is 14.5 Å². The third kappa shape index (κ3) is 23.4. The van der Waals surface area contributed by atoms with Gasteiger partial charge in [-0.15, -0.1) is 0 Å². The third-order valence-electron chi connectivity index (χ3n) is 6.43. The normalized spacial score (nSPS) is 12.4. The van der Waals surface area contributed by atoms with E-state index in [2.05, 4.69) is 27.7 Å². The largest absolute Gasteiger partial charge is 0.478 e. The predicted molar refractivity (Wildman–Crippen MR) is 141 cm³/mol. The van der Waals surface area contributed by atoms with Crippen LogP contribution in [0.3, 0.4) is 0 Å². The van der Waals surface area contributed by atoms with E-state index in [4.69, 9.17) is 8.53 Å². The Labute approximate surface area is 202 Å². The van der Waals surface area contributed by atoms with E-state index < -0.39 is 14.5 Å². The van der Waals surface area contributed by atoms with Crippen molar-refractivity contribution in [3.63, 3.8) is 0 Å². The first-order valence-electron chi connectivity index (χ1n) is 14.5. The first-order chi connectivity index (χ1) is 15.3. The van der Waals surface area contributed by atoms with Gasteiger partial charge in [-0.05, 0) is 12.8 Å². The van der Waals surface area contributed by atoms with Crippen molar-refractivity contribution in [3.8, 4) is 0 Å². The van der Waals surface area contributed by atoms with E-state index in [0.717, 1.165) is 19.4 Å². The maximum Gasteiger partial charge on any atom is 0.462 e. The fraction of sp³-hybridized carbons (Fsp3) is 1.00. The van der Waals surface area contributed by atoms with E-state index in [0.29, 0.717) is 0 Å². The minimum absolute atomic E-state index is 0.0810. The van der Waals surface area contributed by atoms with E-state index >= 15 is 0 Å². The van der Waals surface area contributed by atoms with E-state index in [-0.39, 0.29) is 6.29 Å². The molecule has 0 amide bonds. The van der Waals surface area contributed by atoms with E-state index in [1.165, 1.54) is 126 Å². The van der Waals surface area contributed by atoms with Crippen LogP contribution in [0.2, 0.25) is 10.6 Å². The topological polar surface area (TPSA) is 18.5 Å².